The van der Waals surface area contributed by atoms with E-state index in [1.54, 1.807) is 37.0 Å². The van der Waals surface area contributed by atoms with E-state index in [4.69, 9.17) is 0 Å². The van der Waals surface area contributed by atoms with Crippen LogP contribution in [0.3, 0.4) is 0 Å². The van der Waals surface area contributed by atoms with Gasteiger partial charge >= 0.3 is 0 Å². The number of likely N-dealkylation sites (tertiary alicyclic amines) is 1. The summed E-state index contributed by atoms with van der Waals surface area (Å²) in [7, 11) is 1.78. The summed E-state index contributed by atoms with van der Waals surface area (Å²) in [5, 5.41) is 7.56. The number of halogens is 2. The van der Waals surface area contributed by atoms with Gasteiger partial charge in [0.05, 0.1) is 11.4 Å². The fourth-order valence-corrected chi connectivity index (χ4v) is 5.59. The molecule has 0 bridgehead atoms. The molecule has 4 atom stereocenters. The van der Waals surface area contributed by atoms with E-state index in [9.17, 15) is 8.78 Å². The van der Waals surface area contributed by atoms with Crippen LogP contribution in [0.15, 0.2) is 18.3 Å². The molecule has 0 spiro atoms. The molecule has 0 amide bonds. The maximum Gasteiger partial charge on any atom is 0.182 e. The van der Waals surface area contributed by atoms with Gasteiger partial charge in [0.1, 0.15) is 0 Å². The zero-order valence-electron chi connectivity index (χ0n) is 18.8. The van der Waals surface area contributed by atoms with Gasteiger partial charge in [0.15, 0.2) is 11.6 Å². The van der Waals surface area contributed by atoms with Crippen LogP contribution in [-0.4, -0.2) is 40.4 Å². The Labute approximate surface area is 178 Å². The predicted octanol–water partition coefficient (Wildman–Crippen LogP) is 5.23. The summed E-state index contributed by atoms with van der Waals surface area (Å²) < 4.78 is 31.4. The lowest BCUT2D eigenvalue weighted by molar-refractivity contribution is 0.237. The second-order valence-electron chi connectivity index (χ2n) is 9.93. The molecule has 2 aromatic rings. The molecule has 1 saturated carbocycles. The highest BCUT2D eigenvalue weighted by Gasteiger charge is 2.49. The predicted molar refractivity (Wildman–Crippen MR) is 117 cm³/mol. The number of hydrogen-bond donors (Lipinski definition) is 1. The van der Waals surface area contributed by atoms with Crippen LogP contribution in [0.1, 0.15) is 45.7 Å². The number of aryl methyl sites for hydroxylation is 2. The number of aromatic nitrogens is 2. The first-order valence-corrected chi connectivity index (χ1v) is 11.2. The Balaban J connectivity index is 1.45. The maximum absolute atomic E-state index is 14.9. The van der Waals surface area contributed by atoms with Crippen LogP contribution in [0.4, 0.5) is 14.5 Å². The zero-order valence-corrected chi connectivity index (χ0v) is 18.8. The van der Waals surface area contributed by atoms with Crippen LogP contribution in [0, 0.1) is 35.8 Å². The lowest BCUT2D eigenvalue weighted by Gasteiger charge is -2.26. The topological polar surface area (TPSA) is 33.1 Å². The standard InChI is InChI=1S/C24H34F2N4/c1-6-15(2)11-30-12-17-9-18(10-24(17,4)14-30)27-21-8-7-19(22(25)23(21)26)20-13-29(5)28-16(20)3/h7-8,13,15,17-18,27H,6,9-12,14H2,1-5H3/t15?,17-,18-,24+/m1/s1. The summed E-state index contributed by atoms with van der Waals surface area (Å²) >= 11 is 0. The van der Waals surface area contributed by atoms with Crippen molar-refractivity contribution in [2.45, 2.75) is 53.0 Å². The molecule has 30 heavy (non-hydrogen) atoms. The third-order valence-electron chi connectivity index (χ3n) is 7.34. The first-order valence-electron chi connectivity index (χ1n) is 11.2. The summed E-state index contributed by atoms with van der Waals surface area (Å²) in [6.07, 6.45) is 4.95. The van der Waals surface area contributed by atoms with Crippen molar-refractivity contribution in [3.8, 4) is 11.1 Å². The van der Waals surface area contributed by atoms with Crippen molar-refractivity contribution in [3.63, 3.8) is 0 Å². The molecule has 4 rings (SSSR count). The van der Waals surface area contributed by atoms with Gasteiger partial charge in [0, 0.05) is 50.0 Å². The molecule has 2 heterocycles. The lowest BCUT2D eigenvalue weighted by atomic mass is 9.83. The van der Waals surface area contributed by atoms with E-state index in [1.165, 1.54) is 6.42 Å². The minimum atomic E-state index is -0.805. The molecule has 1 aromatic heterocycles. The fraction of sp³-hybridized carbons (Fsp3) is 0.625. The Bertz CT molecular complexity index is 924. The van der Waals surface area contributed by atoms with Crippen molar-refractivity contribution in [1.82, 2.24) is 14.7 Å². The van der Waals surface area contributed by atoms with Gasteiger partial charge < -0.3 is 10.2 Å². The van der Waals surface area contributed by atoms with Gasteiger partial charge in [-0.3, -0.25) is 4.68 Å². The third kappa shape index (κ3) is 3.86. The van der Waals surface area contributed by atoms with Gasteiger partial charge in [-0.2, -0.15) is 5.10 Å². The van der Waals surface area contributed by atoms with Gasteiger partial charge in [-0.15, -0.1) is 0 Å². The van der Waals surface area contributed by atoms with E-state index in [0.29, 0.717) is 17.2 Å². The SMILES string of the molecule is CCC(C)CN1C[C@H]2C[C@@H](Nc3ccc(-c4cn(C)nc4C)c(F)c3F)C[C@@]2(C)C1. The Morgan fingerprint density at radius 3 is 2.67 bits per heavy atom. The second kappa shape index (κ2) is 7.95. The molecule has 1 aliphatic heterocycles. The van der Waals surface area contributed by atoms with Gasteiger partial charge in [-0.25, -0.2) is 8.78 Å². The second-order valence-corrected chi connectivity index (χ2v) is 9.93. The van der Waals surface area contributed by atoms with E-state index < -0.39 is 11.6 Å². The summed E-state index contributed by atoms with van der Waals surface area (Å²) in [5.74, 6) is -0.263. The molecule has 6 heteroatoms. The normalized spacial score (nSPS) is 27.4. The molecule has 1 aromatic carbocycles. The Morgan fingerprint density at radius 2 is 2.03 bits per heavy atom. The highest BCUT2D eigenvalue weighted by atomic mass is 19.2. The number of rotatable bonds is 6. The summed E-state index contributed by atoms with van der Waals surface area (Å²) in [5.41, 5.74) is 2.11. The molecule has 1 saturated heterocycles. The quantitative estimate of drug-likeness (QED) is 0.700. The van der Waals surface area contributed by atoms with Gasteiger partial charge in [0.2, 0.25) is 0 Å². The highest BCUT2D eigenvalue weighted by molar-refractivity contribution is 5.68. The molecule has 164 valence electrons. The van der Waals surface area contributed by atoms with E-state index in [-0.39, 0.29) is 22.7 Å². The van der Waals surface area contributed by atoms with Gasteiger partial charge in [-0.1, -0.05) is 27.2 Å². The van der Waals surface area contributed by atoms with Crippen LogP contribution < -0.4 is 5.32 Å². The minimum Gasteiger partial charge on any atom is -0.380 e. The molecule has 0 radical (unpaired) electrons. The van der Waals surface area contributed by atoms with Crippen molar-refractivity contribution in [2.75, 3.05) is 25.0 Å². The fourth-order valence-electron chi connectivity index (χ4n) is 5.59. The highest BCUT2D eigenvalue weighted by Crippen LogP contribution is 2.49. The van der Waals surface area contributed by atoms with Gasteiger partial charge in [0.25, 0.3) is 0 Å². The molecular formula is C24H34F2N4. The van der Waals surface area contributed by atoms with E-state index in [1.807, 2.05) is 0 Å². The van der Waals surface area contributed by atoms with Crippen molar-refractivity contribution in [1.29, 1.82) is 0 Å². The number of nitrogens with one attached hydrogen (secondary N) is 1. The molecule has 2 fully saturated rings. The van der Waals surface area contributed by atoms with Crippen LogP contribution in [0.25, 0.3) is 11.1 Å². The number of benzene rings is 1. The minimum absolute atomic E-state index is 0.186. The third-order valence-corrected chi connectivity index (χ3v) is 7.34. The van der Waals surface area contributed by atoms with Gasteiger partial charge in [-0.05, 0) is 49.1 Å². The monoisotopic (exact) mass is 416 g/mol. The number of hydrogen-bond acceptors (Lipinski definition) is 3. The van der Waals surface area contributed by atoms with Crippen LogP contribution in [0.2, 0.25) is 0 Å². The Kier molecular flexibility index (Phi) is 5.64. The average Bonchev–Trinajstić information content (AvgIpc) is 3.27. The first kappa shape index (κ1) is 21.3. The van der Waals surface area contributed by atoms with Crippen molar-refractivity contribution >= 4 is 5.69 Å². The summed E-state index contributed by atoms with van der Waals surface area (Å²) in [6.45, 7) is 12.1. The lowest BCUT2D eigenvalue weighted by Crippen LogP contribution is -2.31. The van der Waals surface area contributed by atoms with E-state index >= 15 is 0 Å². The van der Waals surface area contributed by atoms with Crippen LogP contribution >= 0.6 is 0 Å². The molecular weight excluding hydrogens is 382 g/mol. The largest absolute Gasteiger partial charge is 0.380 e. The molecule has 1 N–H and O–H groups in total. The van der Waals surface area contributed by atoms with Crippen molar-refractivity contribution in [3.05, 3.63) is 35.7 Å². The zero-order chi connectivity index (χ0) is 21.6. The maximum atomic E-state index is 14.9. The molecule has 4 nitrogen and oxygen atoms in total. The smallest absolute Gasteiger partial charge is 0.182 e. The number of anilines is 1. The number of nitrogens with zero attached hydrogens (tertiary/aromatic N) is 3. The first-order chi connectivity index (χ1) is 14.2. The summed E-state index contributed by atoms with van der Waals surface area (Å²) in [4.78, 5) is 2.60. The van der Waals surface area contributed by atoms with E-state index in [0.717, 1.165) is 38.4 Å². The molecule has 1 aliphatic carbocycles. The van der Waals surface area contributed by atoms with Crippen LogP contribution in [-0.2, 0) is 7.05 Å². The number of fused-ring (bicyclic) bond motifs is 1. The average molecular weight is 417 g/mol. The summed E-state index contributed by atoms with van der Waals surface area (Å²) in [6, 6.07) is 3.52. The Hall–Kier alpha value is -1.95. The van der Waals surface area contributed by atoms with E-state index in [2.05, 4.69) is 36.1 Å². The van der Waals surface area contributed by atoms with Crippen molar-refractivity contribution in [2.24, 2.45) is 24.3 Å². The van der Waals surface area contributed by atoms with Crippen LogP contribution in [0.5, 0.6) is 0 Å². The Morgan fingerprint density at radius 1 is 1.27 bits per heavy atom. The molecule has 2 aliphatic rings. The molecule has 1 unspecified atom stereocenters. The van der Waals surface area contributed by atoms with Crippen molar-refractivity contribution < 1.29 is 8.78 Å².